The number of aliphatic hydroxyl groups excluding tert-OH is 1. The number of halogens is 1. The molecular weight excluding hydrogens is 515 g/mol. The fourth-order valence-corrected chi connectivity index (χ4v) is 4.65. The number of carbonyl (C=O) groups excluding carboxylic acids is 1. The lowest BCUT2D eigenvalue weighted by Gasteiger charge is -2.29. The van der Waals surface area contributed by atoms with Gasteiger partial charge in [0.2, 0.25) is 0 Å². The van der Waals surface area contributed by atoms with Crippen molar-refractivity contribution in [1.29, 1.82) is 0 Å². The molecule has 0 saturated carbocycles. The second-order valence-electron chi connectivity index (χ2n) is 10.9. The summed E-state index contributed by atoms with van der Waals surface area (Å²) in [6.45, 7) is 7.56. The monoisotopic (exact) mass is 552 g/mol. The van der Waals surface area contributed by atoms with E-state index in [1.807, 2.05) is 13.8 Å². The van der Waals surface area contributed by atoms with Crippen LogP contribution in [0.15, 0.2) is 48.5 Å². The number of benzene rings is 2. The number of carbonyl (C=O) groups is 1. The second-order valence-corrected chi connectivity index (χ2v) is 10.9. The number of ether oxygens (including phenoxy) is 3. The van der Waals surface area contributed by atoms with E-state index in [9.17, 15) is 19.4 Å². The predicted molar refractivity (Wildman–Crippen MR) is 149 cm³/mol. The Labute approximate surface area is 233 Å². The van der Waals surface area contributed by atoms with Crippen LogP contribution in [0.2, 0.25) is 0 Å². The summed E-state index contributed by atoms with van der Waals surface area (Å²) < 4.78 is 30.6. The van der Waals surface area contributed by atoms with Gasteiger partial charge in [-0.05, 0) is 74.7 Å². The first-order valence-electron chi connectivity index (χ1n) is 13.3. The fourth-order valence-electron chi connectivity index (χ4n) is 4.65. The lowest BCUT2D eigenvalue weighted by atomic mass is 9.80. The first-order valence-corrected chi connectivity index (χ1v) is 13.3. The van der Waals surface area contributed by atoms with Crippen LogP contribution in [-0.4, -0.2) is 47.4 Å². The van der Waals surface area contributed by atoms with Gasteiger partial charge in [0.05, 0.1) is 24.4 Å². The highest BCUT2D eigenvalue weighted by Crippen LogP contribution is 2.46. The molecule has 0 bridgehead atoms. The van der Waals surface area contributed by atoms with Gasteiger partial charge in [0, 0.05) is 23.1 Å². The van der Waals surface area contributed by atoms with E-state index >= 15 is 0 Å². The Bertz CT molecular complexity index is 1370. The number of nitrogens with two attached hydrogens (primary N) is 1. The van der Waals surface area contributed by atoms with Gasteiger partial charge in [0.25, 0.3) is 0 Å². The molecular formula is C31H37FN2O6. The Balaban J connectivity index is 1.62. The van der Waals surface area contributed by atoms with Gasteiger partial charge in [-0.2, -0.15) is 0 Å². The molecule has 1 aliphatic heterocycles. The zero-order valence-corrected chi connectivity index (χ0v) is 23.5. The first-order chi connectivity index (χ1) is 18.9. The van der Waals surface area contributed by atoms with E-state index in [2.05, 4.69) is 0 Å². The highest BCUT2D eigenvalue weighted by molar-refractivity contribution is 5.96. The number of aliphatic hydroxyl groups is 2. The van der Waals surface area contributed by atoms with Crippen molar-refractivity contribution in [3.63, 3.8) is 0 Å². The van der Waals surface area contributed by atoms with Gasteiger partial charge in [0.15, 0.2) is 23.0 Å². The number of fused-ring (bicyclic) bond motifs is 1. The quantitative estimate of drug-likeness (QED) is 0.292. The maximum absolute atomic E-state index is 13.7. The molecule has 8 nitrogen and oxygen atoms in total. The summed E-state index contributed by atoms with van der Waals surface area (Å²) in [5.74, 6) is 0.759. The summed E-state index contributed by atoms with van der Waals surface area (Å²) in [5.41, 5.74) is 7.06. The van der Waals surface area contributed by atoms with Crippen molar-refractivity contribution in [1.82, 2.24) is 4.98 Å². The third-order valence-corrected chi connectivity index (χ3v) is 7.43. The summed E-state index contributed by atoms with van der Waals surface area (Å²) in [4.78, 5) is 17.9. The largest absolute Gasteiger partial charge is 0.493 e. The first kappa shape index (κ1) is 29.5. The molecule has 1 aromatic heterocycles. The van der Waals surface area contributed by atoms with E-state index in [0.29, 0.717) is 39.8 Å². The maximum Gasteiger partial charge on any atom is 0.163 e. The van der Waals surface area contributed by atoms with Crippen LogP contribution in [0.3, 0.4) is 0 Å². The average molecular weight is 553 g/mol. The summed E-state index contributed by atoms with van der Waals surface area (Å²) in [7, 11) is 1.47. The molecule has 0 aliphatic carbocycles. The number of rotatable bonds is 11. The average Bonchev–Trinajstić information content (AvgIpc) is 3.28. The number of ketones is 1. The molecule has 1 aliphatic rings. The molecule has 9 heteroatoms. The number of pyridine rings is 1. The van der Waals surface area contributed by atoms with Crippen molar-refractivity contribution in [2.75, 3.05) is 20.3 Å². The summed E-state index contributed by atoms with van der Waals surface area (Å²) >= 11 is 0. The van der Waals surface area contributed by atoms with Crippen LogP contribution in [0.25, 0.3) is 11.3 Å². The minimum atomic E-state index is -1.48. The van der Waals surface area contributed by atoms with Crippen molar-refractivity contribution >= 4 is 5.78 Å². The summed E-state index contributed by atoms with van der Waals surface area (Å²) in [6.07, 6.45) is -0.534. The zero-order valence-electron chi connectivity index (χ0n) is 23.5. The molecule has 2 aromatic carbocycles. The molecule has 0 spiro atoms. The van der Waals surface area contributed by atoms with Crippen LogP contribution in [-0.2, 0) is 11.1 Å². The fraction of sp³-hybridized carbons (Fsp3) is 0.419. The van der Waals surface area contributed by atoms with E-state index in [4.69, 9.17) is 24.9 Å². The van der Waals surface area contributed by atoms with Gasteiger partial charge >= 0.3 is 0 Å². The lowest BCUT2D eigenvalue weighted by molar-refractivity contribution is 0.0396. The third kappa shape index (κ3) is 5.96. The Hall–Kier alpha value is -3.53. The van der Waals surface area contributed by atoms with Gasteiger partial charge in [-0.1, -0.05) is 13.8 Å². The molecule has 214 valence electrons. The lowest BCUT2D eigenvalue weighted by Crippen LogP contribution is -2.43. The van der Waals surface area contributed by atoms with Crippen molar-refractivity contribution < 1.29 is 33.6 Å². The molecule has 3 atom stereocenters. The zero-order chi connectivity index (χ0) is 29.2. The summed E-state index contributed by atoms with van der Waals surface area (Å²) in [5, 5.41) is 21.1. The number of hydrogen-bond donors (Lipinski definition) is 3. The van der Waals surface area contributed by atoms with E-state index in [1.165, 1.54) is 19.2 Å². The minimum absolute atomic E-state index is 0.0270. The predicted octanol–water partition coefficient (Wildman–Crippen LogP) is 4.73. The van der Waals surface area contributed by atoms with Gasteiger partial charge in [0.1, 0.15) is 30.3 Å². The van der Waals surface area contributed by atoms with Crippen LogP contribution in [0.5, 0.6) is 17.2 Å². The molecule has 0 saturated heterocycles. The van der Waals surface area contributed by atoms with E-state index in [-0.39, 0.29) is 43.6 Å². The number of Topliss-reactive ketones (excluding diaryl/α,β-unsaturated/α-hetero) is 1. The Morgan fingerprint density at radius 2 is 1.88 bits per heavy atom. The summed E-state index contributed by atoms with van der Waals surface area (Å²) in [6, 6.07) is 12.5. The highest BCUT2D eigenvalue weighted by atomic mass is 19.1. The van der Waals surface area contributed by atoms with E-state index in [1.54, 1.807) is 50.2 Å². The van der Waals surface area contributed by atoms with Crippen LogP contribution < -0.4 is 19.9 Å². The Kier molecular flexibility index (Phi) is 8.49. The third-order valence-electron chi connectivity index (χ3n) is 7.43. The van der Waals surface area contributed by atoms with Crippen molar-refractivity contribution in [2.24, 2.45) is 11.7 Å². The highest BCUT2D eigenvalue weighted by Gasteiger charge is 2.43. The molecule has 0 fully saturated rings. The smallest absolute Gasteiger partial charge is 0.163 e. The number of nitrogens with zero attached hydrogens (tertiary/aromatic N) is 1. The van der Waals surface area contributed by atoms with Crippen molar-refractivity contribution in [2.45, 2.75) is 57.8 Å². The molecule has 4 N–H and O–H groups in total. The standard InChI is InChI=1S/C31H37FN2O6/c1-18(2)31(33)17-40-29-23(31)15-27(34-28(29)20-6-9-22(32)10-7-20)30(4,37)13-12-24(36)21-8-11-25(26(14-21)38-5)39-16-19(3)35/h6-11,14-15,18-19,35,37H,12-13,16-17,33H2,1-5H3/t19-,30?,31?/m1/s1. The number of hydrogen-bond acceptors (Lipinski definition) is 8. The van der Waals surface area contributed by atoms with Gasteiger partial charge in [-0.25, -0.2) is 9.37 Å². The molecule has 3 aromatic rings. The van der Waals surface area contributed by atoms with Gasteiger partial charge in [-0.15, -0.1) is 0 Å². The van der Waals surface area contributed by atoms with Crippen LogP contribution in [0, 0.1) is 11.7 Å². The van der Waals surface area contributed by atoms with Crippen LogP contribution in [0.4, 0.5) is 4.39 Å². The number of aromatic nitrogens is 1. The topological polar surface area (TPSA) is 124 Å². The van der Waals surface area contributed by atoms with Crippen LogP contribution >= 0.6 is 0 Å². The SMILES string of the molecule is COc1cc(C(=O)CCC(C)(O)c2cc3c(c(-c4ccc(F)cc4)n2)OCC3(N)C(C)C)ccc1OC[C@@H](C)O. The van der Waals surface area contributed by atoms with Crippen molar-refractivity contribution in [3.05, 3.63) is 71.2 Å². The van der Waals surface area contributed by atoms with Gasteiger partial charge in [-0.3, -0.25) is 4.79 Å². The molecule has 2 unspecified atom stereocenters. The maximum atomic E-state index is 13.7. The van der Waals surface area contributed by atoms with Crippen molar-refractivity contribution in [3.8, 4) is 28.5 Å². The van der Waals surface area contributed by atoms with E-state index in [0.717, 1.165) is 5.56 Å². The second kappa shape index (κ2) is 11.5. The number of methoxy groups -OCH3 is 1. The molecule has 2 heterocycles. The minimum Gasteiger partial charge on any atom is -0.493 e. The van der Waals surface area contributed by atoms with E-state index < -0.39 is 17.2 Å². The molecule has 4 rings (SSSR count). The van der Waals surface area contributed by atoms with Crippen LogP contribution in [0.1, 0.15) is 62.2 Å². The Morgan fingerprint density at radius 1 is 1.18 bits per heavy atom. The molecule has 40 heavy (non-hydrogen) atoms. The van der Waals surface area contributed by atoms with Gasteiger partial charge < -0.3 is 30.2 Å². The molecule has 0 amide bonds. The molecule has 0 radical (unpaired) electrons. The normalized spacial score (nSPS) is 18.6. The Morgan fingerprint density at radius 3 is 2.50 bits per heavy atom.